The van der Waals surface area contributed by atoms with E-state index in [1.54, 1.807) is 0 Å². The molecule has 0 aliphatic carbocycles. The van der Waals surface area contributed by atoms with Crippen molar-refractivity contribution in [3.8, 4) is 0 Å². The molecule has 1 aliphatic rings. The normalized spacial score (nSPS) is 51.5. The second kappa shape index (κ2) is 2.69. The van der Waals surface area contributed by atoms with E-state index in [1.165, 1.54) is 6.92 Å². The molecule has 11 heavy (non-hydrogen) atoms. The first-order valence-electron chi connectivity index (χ1n) is 3.34. The highest BCUT2D eigenvalue weighted by Gasteiger charge is 2.50. The average Bonchev–Trinajstić information content (AvgIpc) is 2.17. The fourth-order valence-electron chi connectivity index (χ4n) is 1.06. The molecule has 0 aromatic heterocycles. The smallest absolute Gasteiger partial charge is 0.184 e. The van der Waals surface area contributed by atoms with Gasteiger partial charge in [-0.25, -0.2) is 0 Å². The van der Waals surface area contributed by atoms with Crippen LogP contribution in [0, 0.1) is 0 Å². The van der Waals surface area contributed by atoms with Crippen molar-refractivity contribution in [2.24, 2.45) is 0 Å². The maximum absolute atomic E-state index is 9.19. The van der Waals surface area contributed by atoms with Gasteiger partial charge < -0.3 is 25.2 Å². The molecule has 1 saturated heterocycles. The molecule has 1 heterocycles. The molecule has 0 aromatic carbocycles. The molecule has 1 rings (SSSR count). The molecule has 0 radical (unpaired) electrons. The summed E-state index contributed by atoms with van der Waals surface area (Å²) >= 11 is 0. The molecular formula is C6H12O5. The van der Waals surface area contributed by atoms with E-state index in [9.17, 15) is 5.11 Å². The van der Waals surface area contributed by atoms with Gasteiger partial charge in [-0.3, -0.25) is 0 Å². The van der Waals surface area contributed by atoms with Crippen LogP contribution in [0.5, 0.6) is 0 Å². The third-order valence-electron chi connectivity index (χ3n) is 1.95. The zero-order valence-electron chi connectivity index (χ0n) is 6.14. The topological polar surface area (TPSA) is 90.2 Å². The summed E-state index contributed by atoms with van der Waals surface area (Å²) in [5.74, 6) is 0. The van der Waals surface area contributed by atoms with E-state index in [4.69, 9.17) is 20.1 Å². The maximum atomic E-state index is 9.19. The number of rotatable bonds is 1. The van der Waals surface area contributed by atoms with Crippen molar-refractivity contribution in [1.29, 1.82) is 0 Å². The molecule has 0 aromatic rings. The summed E-state index contributed by atoms with van der Waals surface area (Å²) in [6.45, 7) is 0.972. The Kier molecular flexibility index (Phi) is 2.17. The highest BCUT2D eigenvalue weighted by molar-refractivity contribution is 4.95. The van der Waals surface area contributed by atoms with Crippen LogP contribution in [0.1, 0.15) is 6.92 Å². The molecule has 1 fully saturated rings. The van der Waals surface area contributed by atoms with Crippen LogP contribution in [0.2, 0.25) is 0 Å². The highest BCUT2D eigenvalue weighted by Crippen LogP contribution is 2.28. The molecule has 66 valence electrons. The van der Waals surface area contributed by atoms with Crippen molar-refractivity contribution in [2.75, 3.05) is 6.61 Å². The molecule has 0 spiro atoms. The van der Waals surface area contributed by atoms with Crippen molar-refractivity contribution in [3.05, 3.63) is 0 Å². The predicted octanol–water partition coefficient (Wildman–Crippen LogP) is -2.19. The van der Waals surface area contributed by atoms with Crippen LogP contribution in [0.15, 0.2) is 0 Å². The van der Waals surface area contributed by atoms with E-state index in [0.29, 0.717) is 0 Å². The van der Waals surface area contributed by atoms with E-state index in [-0.39, 0.29) is 0 Å². The number of hydrogen-bond donors (Lipinski definition) is 4. The quantitative estimate of drug-likeness (QED) is 0.353. The lowest BCUT2D eigenvalue weighted by Gasteiger charge is -2.23. The van der Waals surface area contributed by atoms with Gasteiger partial charge in [-0.15, -0.1) is 0 Å². The van der Waals surface area contributed by atoms with E-state index in [0.717, 1.165) is 0 Å². The molecule has 5 nitrogen and oxygen atoms in total. The summed E-state index contributed by atoms with van der Waals surface area (Å²) < 4.78 is 4.73. The Morgan fingerprint density at radius 1 is 1.36 bits per heavy atom. The van der Waals surface area contributed by atoms with Gasteiger partial charge in [0.25, 0.3) is 0 Å². The van der Waals surface area contributed by atoms with Crippen LogP contribution >= 0.6 is 0 Å². The Bertz CT molecular complexity index is 150. The Morgan fingerprint density at radius 3 is 2.09 bits per heavy atom. The standard InChI is InChI=1S/C6H12O5/c1-6(2-7)4(9)3(8)5(10)11-6/h3-5,7-10H,2H2,1H3/t3-,4+,5?,6-/m1/s1. The Labute approximate surface area is 63.8 Å². The van der Waals surface area contributed by atoms with Crippen LogP contribution in [0.3, 0.4) is 0 Å². The summed E-state index contributed by atoms with van der Waals surface area (Å²) in [4.78, 5) is 0. The molecule has 0 saturated carbocycles. The molecule has 5 heteroatoms. The minimum atomic E-state index is -1.41. The SMILES string of the molecule is C[C@]1(CO)OC(O)[C@H](O)[C@@H]1O. The van der Waals surface area contributed by atoms with E-state index in [1.807, 2.05) is 0 Å². The third kappa shape index (κ3) is 1.25. The van der Waals surface area contributed by atoms with Crippen LogP contribution in [0.4, 0.5) is 0 Å². The third-order valence-corrected chi connectivity index (χ3v) is 1.95. The zero-order chi connectivity index (χ0) is 8.65. The van der Waals surface area contributed by atoms with Crippen molar-refractivity contribution in [1.82, 2.24) is 0 Å². The molecule has 1 unspecified atom stereocenters. The Morgan fingerprint density at radius 2 is 1.91 bits per heavy atom. The van der Waals surface area contributed by atoms with Gasteiger partial charge in [0.15, 0.2) is 6.29 Å². The van der Waals surface area contributed by atoms with E-state index in [2.05, 4.69) is 0 Å². The van der Waals surface area contributed by atoms with Gasteiger partial charge in [-0.05, 0) is 6.92 Å². The Hall–Kier alpha value is -0.200. The van der Waals surface area contributed by atoms with Gasteiger partial charge in [-0.1, -0.05) is 0 Å². The minimum Gasteiger partial charge on any atom is -0.393 e. The predicted molar refractivity (Wildman–Crippen MR) is 34.6 cm³/mol. The van der Waals surface area contributed by atoms with Crippen molar-refractivity contribution >= 4 is 0 Å². The van der Waals surface area contributed by atoms with Gasteiger partial charge in [0, 0.05) is 0 Å². The van der Waals surface area contributed by atoms with E-state index >= 15 is 0 Å². The van der Waals surface area contributed by atoms with Gasteiger partial charge in [-0.2, -0.15) is 0 Å². The number of aliphatic hydroxyl groups is 4. The molecular weight excluding hydrogens is 152 g/mol. The molecule has 1 aliphatic heterocycles. The van der Waals surface area contributed by atoms with Crippen LogP contribution in [-0.2, 0) is 4.74 Å². The summed E-state index contributed by atoms with van der Waals surface area (Å²) in [6, 6.07) is 0. The Balaban J connectivity index is 2.73. The van der Waals surface area contributed by atoms with Crippen LogP contribution in [-0.4, -0.2) is 51.1 Å². The van der Waals surface area contributed by atoms with Crippen molar-refractivity contribution < 1.29 is 25.2 Å². The lowest BCUT2D eigenvalue weighted by molar-refractivity contribution is -0.167. The average molecular weight is 164 g/mol. The van der Waals surface area contributed by atoms with Gasteiger partial charge in [0.05, 0.1) is 6.61 Å². The number of ether oxygens (including phenoxy) is 1. The summed E-state index contributed by atoms with van der Waals surface area (Å²) in [7, 11) is 0. The highest BCUT2D eigenvalue weighted by atomic mass is 16.7. The first kappa shape index (κ1) is 8.89. The number of hydrogen-bond acceptors (Lipinski definition) is 5. The summed E-state index contributed by atoms with van der Waals surface area (Å²) in [5, 5.41) is 35.8. The second-order valence-corrected chi connectivity index (χ2v) is 2.91. The fourth-order valence-corrected chi connectivity index (χ4v) is 1.06. The summed E-state index contributed by atoms with van der Waals surface area (Å²) in [6.07, 6.45) is -4.00. The molecule has 4 atom stereocenters. The molecule has 4 N–H and O–H groups in total. The lowest BCUT2D eigenvalue weighted by Crippen LogP contribution is -2.43. The molecule has 0 bridgehead atoms. The first-order chi connectivity index (χ1) is 5.01. The largest absolute Gasteiger partial charge is 0.393 e. The molecule has 0 amide bonds. The monoisotopic (exact) mass is 164 g/mol. The van der Waals surface area contributed by atoms with Crippen LogP contribution < -0.4 is 0 Å². The van der Waals surface area contributed by atoms with Crippen molar-refractivity contribution in [2.45, 2.75) is 31.0 Å². The first-order valence-corrected chi connectivity index (χ1v) is 3.34. The lowest BCUT2D eigenvalue weighted by atomic mass is 9.99. The summed E-state index contributed by atoms with van der Waals surface area (Å²) in [5.41, 5.74) is -1.25. The van der Waals surface area contributed by atoms with E-state index < -0.39 is 30.7 Å². The maximum Gasteiger partial charge on any atom is 0.184 e. The fraction of sp³-hybridized carbons (Fsp3) is 1.00. The van der Waals surface area contributed by atoms with Crippen molar-refractivity contribution in [3.63, 3.8) is 0 Å². The van der Waals surface area contributed by atoms with Gasteiger partial charge in [0.1, 0.15) is 17.8 Å². The van der Waals surface area contributed by atoms with Gasteiger partial charge in [0.2, 0.25) is 0 Å². The van der Waals surface area contributed by atoms with Crippen LogP contribution in [0.25, 0.3) is 0 Å². The second-order valence-electron chi connectivity index (χ2n) is 2.91. The zero-order valence-corrected chi connectivity index (χ0v) is 6.14. The number of aliphatic hydroxyl groups excluding tert-OH is 4. The minimum absolute atomic E-state index is 0.442. The van der Waals surface area contributed by atoms with Gasteiger partial charge >= 0.3 is 0 Å².